The molecular formula is C14H17F4NO. The maximum absolute atomic E-state index is 13.1. The van der Waals surface area contributed by atoms with Crippen molar-refractivity contribution in [1.82, 2.24) is 5.32 Å². The van der Waals surface area contributed by atoms with E-state index in [1.165, 1.54) is 0 Å². The summed E-state index contributed by atoms with van der Waals surface area (Å²) in [6.07, 6.45) is -2.52. The highest BCUT2D eigenvalue weighted by atomic mass is 19.4. The monoisotopic (exact) mass is 291 g/mol. The predicted octanol–water partition coefficient (Wildman–Crippen LogP) is 4.15. The van der Waals surface area contributed by atoms with E-state index in [1.54, 1.807) is 0 Å². The molecule has 1 aromatic rings. The Morgan fingerprint density at radius 3 is 2.45 bits per heavy atom. The molecule has 20 heavy (non-hydrogen) atoms. The fourth-order valence-electron chi connectivity index (χ4n) is 1.88. The van der Waals surface area contributed by atoms with Gasteiger partial charge < -0.3 is 5.32 Å². The smallest absolute Gasteiger partial charge is 0.349 e. The molecule has 0 bridgehead atoms. The number of carbonyl (C=O) groups is 1. The van der Waals surface area contributed by atoms with Crippen LogP contribution in [-0.2, 0) is 6.18 Å². The summed E-state index contributed by atoms with van der Waals surface area (Å²) in [6, 6.07) is 2.17. The van der Waals surface area contributed by atoms with E-state index in [-0.39, 0.29) is 11.6 Å². The van der Waals surface area contributed by atoms with Crippen molar-refractivity contribution in [3.63, 3.8) is 0 Å². The molecule has 0 spiro atoms. The summed E-state index contributed by atoms with van der Waals surface area (Å²) in [5.41, 5.74) is -1.61. The zero-order chi connectivity index (χ0) is 15.3. The Kier molecular flexibility index (Phi) is 5.53. The quantitative estimate of drug-likeness (QED) is 0.811. The number of carbonyl (C=O) groups excluding carboxylic acids is 1. The van der Waals surface area contributed by atoms with Gasteiger partial charge in [-0.2, -0.15) is 13.2 Å². The highest BCUT2D eigenvalue weighted by molar-refractivity contribution is 5.94. The van der Waals surface area contributed by atoms with Gasteiger partial charge in [0.1, 0.15) is 5.82 Å². The Labute approximate surface area is 115 Å². The fraction of sp³-hybridized carbons (Fsp3) is 0.500. The topological polar surface area (TPSA) is 29.1 Å². The Bertz CT molecular complexity index is 471. The third kappa shape index (κ3) is 4.21. The number of halogens is 4. The van der Waals surface area contributed by atoms with E-state index in [1.807, 2.05) is 13.8 Å². The Morgan fingerprint density at radius 1 is 1.30 bits per heavy atom. The molecule has 0 aliphatic rings. The molecule has 1 atom stereocenters. The molecule has 0 radical (unpaired) electrons. The standard InChI is InChI=1S/C14H17F4NO/c1-3-5-10(4-2)19-13(20)9-6-7-12(15)11(8-9)14(16,17)18/h6-8,10H,3-5H2,1-2H3,(H,19,20). The number of hydrogen-bond donors (Lipinski definition) is 1. The van der Waals surface area contributed by atoms with Gasteiger partial charge in [-0.15, -0.1) is 0 Å². The summed E-state index contributed by atoms with van der Waals surface area (Å²) >= 11 is 0. The van der Waals surface area contributed by atoms with Gasteiger partial charge in [0.25, 0.3) is 5.91 Å². The second-order valence-corrected chi connectivity index (χ2v) is 4.56. The van der Waals surface area contributed by atoms with Crippen molar-refractivity contribution in [3.05, 3.63) is 35.1 Å². The first-order chi connectivity index (χ1) is 9.29. The van der Waals surface area contributed by atoms with E-state index in [9.17, 15) is 22.4 Å². The largest absolute Gasteiger partial charge is 0.419 e. The number of rotatable bonds is 5. The number of nitrogens with one attached hydrogen (secondary N) is 1. The molecule has 0 saturated carbocycles. The SMILES string of the molecule is CCCC(CC)NC(=O)c1ccc(F)c(C(F)(F)F)c1. The van der Waals surface area contributed by atoms with E-state index in [0.29, 0.717) is 18.6 Å². The van der Waals surface area contributed by atoms with Crippen LogP contribution in [0.2, 0.25) is 0 Å². The van der Waals surface area contributed by atoms with Gasteiger partial charge in [-0.1, -0.05) is 20.3 Å². The minimum Gasteiger partial charge on any atom is -0.349 e. The van der Waals surface area contributed by atoms with Crippen molar-refractivity contribution in [3.8, 4) is 0 Å². The molecule has 1 aromatic carbocycles. The molecule has 1 unspecified atom stereocenters. The molecule has 0 saturated heterocycles. The van der Waals surface area contributed by atoms with Crippen LogP contribution in [0.1, 0.15) is 49.0 Å². The zero-order valence-electron chi connectivity index (χ0n) is 11.4. The van der Waals surface area contributed by atoms with E-state index >= 15 is 0 Å². The minimum atomic E-state index is -4.81. The molecule has 0 heterocycles. The zero-order valence-corrected chi connectivity index (χ0v) is 11.4. The van der Waals surface area contributed by atoms with Gasteiger partial charge in [0, 0.05) is 11.6 Å². The van der Waals surface area contributed by atoms with Crippen LogP contribution < -0.4 is 5.32 Å². The minimum absolute atomic E-state index is 0.0908. The average molecular weight is 291 g/mol. The average Bonchev–Trinajstić information content (AvgIpc) is 2.37. The number of alkyl halides is 3. The van der Waals surface area contributed by atoms with Crippen LogP contribution in [0.5, 0.6) is 0 Å². The second kappa shape index (κ2) is 6.72. The van der Waals surface area contributed by atoms with Gasteiger partial charge in [0.2, 0.25) is 0 Å². The summed E-state index contributed by atoms with van der Waals surface area (Å²) in [5, 5.41) is 2.65. The summed E-state index contributed by atoms with van der Waals surface area (Å²) in [7, 11) is 0. The lowest BCUT2D eigenvalue weighted by molar-refractivity contribution is -0.140. The van der Waals surface area contributed by atoms with Crippen LogP contribution >= 0.6 is 0 Å². The summed E-state index contributed by atoms with van der Waals surface area (Å²) in [6.45, 7) is 3.83. The van der Waals surface area contributed by atoms with Crippen molar-refractivity contribution in [1.29, 1.82) is 0 Å². The van der Waals surface area contributed by atoms with Crippen molar-refractivity contribution in [2.24, 2.45) is 0 Å². The first kappa shape index (κ1) is 16.5. The highest BCUT2D eigenvalue weighted by Crippen LogP contribution is 2.31. The predicted molar refractivity (Wildman–Crippen MR) is 67.9 cm³/mol. The normalized spacial score (nSPS) is 13.1. The van der Waals surface area contributed by atoms with Crippen LogP contribution in [0.15, 0.2) is 18.2 Å². The molecule has 1 amide bonds. The van der Waals surface area contributed by atoms with Crippen molar-refractivity contribution >= 4 is 5.91 Å². The van der Waals surface area contributed by atoms with Gasteiger partial charge in [0.05, 0.1) is 5.56 Å². The summed E-state index contributed by atoms with van der Waals surface area (Å²) in [4.78, 5) is 11.9. The third-order valence-electron chi connectivity index (χ3n) is 3.00. The van der Waals surface area contributed by atoms with Gasteiger partial charge in [0.15, 0.2) is 0 Å². The van der Waals surface area contributed by atoms with E-state index < -0.39 is 23.5 Å². The first-order valence-electron chi connectivity index (χ1n) is 6.47. The van der Waals surface area contributed by atoms with Crippen molar-refractivity contribution in [2.75, 3.05) is 0 Å². The Morgan fingerprint density at radius 2 is 1.95 bits per heavy atom. The van der Waals surface area contributed by atoms with Gasteiger partial charge in [-0.25, -0.2) is 4.39 Å². The molecule has 112 valence electrons. The Balaban J connectivity index is 2.94. The summed E-state index contributed by atoms with van der Waals surface area (Å²) < 4.78 is 50.8. The van der Waals surface area contributed by atoms with Gasteiger partial charge >= 0.3 is 6.18 Å². The molecule has 1 rings (SSSR count). The van der Waals surface area contributed by atoms with Crippen molar-refractivity contribution < 1.29 is 22.4 Å². The molecule has 2 nitrogen and oxygen atoms in total. The molecule has 0 fully saturated rings. The number of benzene rings is 1. The maximum atomic E-state index is 13.1. The molecule has 0 aliphatic heterocycles. The van der Waals surface area contributed by atoms with Gasteiger partial charge in [-0.3, -0.25) is 4.79 Å². The van der Waals surface area contributed by atoms with Crippen LogP contribution in [0.4, 0.5) is 17.6 Å². The summed E-state index contributed by atoms with van der Waals surface area (Å²) in [5.74, 6) is -1.99. The van der Waals surface area contributed by atoms with Crippen molar-refractivity contribution in [2.45, 2.75) is 45.3 Å². The fourth-order valence-corrected chi connectivity index (χ4v) is 1.88. The van der Waals surface area contributed by atoms with Gasteiger partial charge in [-0.05, 0) is 31.0 Å². The lowest BCUT2D eigenvalue weighted by Crippen LogP contribution is -2.34. The van der Waals surface area contributed by atoms with Crippen LogP contribution in [0.25, 0.3) is 0 Å². The van der Waals surface area contributed by atoms with Crippen LogP contribution in [0.3, 0.4) is 0 Å². The second-order valence-electron chi connectivity index (χ2n) is 4.56. The lowest BCUT2D eigenvalue weighted by Gasteiger charge is -2.16. The number of hydrogen-bond acceptors (Lipinski definition) is 1. The molecule has 0 aromatic heterocycles. The lowest BCUT2D eigenvalue weighted by atomic mass is 10.1. The molecule has 1 N–H and O–H groups in total. The van der Waals surface area contributed by atoms with E-state index in [4.69, 9.17) is 0 Å². The molecule has 6 heteroatoms. The third-order valence-corrected chi connectivity index (χ3v) is 3.00. The Hall–Kier alpha value is -1.59. The maximum Gasteiger partial charge on any atom is 0.419 e. The molecule has 0 aliphatic carbocycles. The van der Waals surface area contributed by atoms with E-state index in [0.717, 1.165) is 18.9 Å². The molecular weight excluding hydrogens is 274 g/mol. The van der Waals surface area contributed by atoms with Crippen LogP contribution in [-0.4, -0.2) is 11.9 Å². The first-order valence-corrected chi connectivity index (χ1v) is 6.47. The van der Waals surface area contributed by atoms with E-state index in [2.05, 4.69) is 5.32 Å². The number of amides is 1. The van der Waals surface area contributed by atoms with Crippen LogP contribution in [0, 0.1) is 5.82 Å². The highest BCUT2D eigenvalue weighted by Gasteiger charge is 2.34.